The van der Waals surface area contributed by atoms with Crippen molar-refractivity contribution in [3.8, 4) is 0 Å². The summed E-state index contributed by atoms with van der Waals surface area (Å²) in [7, 11) is 0. The van der Waals surface area contributed by atoms with Crippen LogP contribution >= 0.6 is 0 Å². The van der Waals surface area contributed by atoms with E-state index in [1.165, 1.54) is 0 Å². The van der Waals surface area contributed by atoms with Crippen molar-refractivity contribution >= 4 is 5.91 Å². The average Bonchev–Trinajstić information content (AvgIpc) is 2.47. The summed E-state index contributed by atoms with van der Waals surface area (Å²) in [6, 6.07) is 9.45. The molecule has 0 heterocycles. The minimum absolute atomic E-state index is 0.00893. The molecule has 0 aliphatic rings. The van der Waals surface area contributed by atoms with Crippen LogP contribution < -0.4 is 11.1 Å². The molecule has 21 heavy (non-hydrogen) atoms. The Hall–Kier alpha value is -1.39. The van der Waals surface area contributed by atoms with Crippen LogP contribution in [0.2, 0.25) is 0 Å². The number of hydrogen-bond donors (Lipinski definition) is 2. The molecule has 1 rings (SSSR count). The Kier molecular flexibility index (Phi) is 8.01. The highest BCUT2D eigenvalue weighted by Crippen LogP contribution is 2.13. The van der Waals surface area contributed by atoms with Crippen molar-refractivity contribution in [1.29, 1.82) is 0 Å². The van der Waals surface area contributed by atoms with Crippen molar-refractivity contribution in [3.63, 3.8) is 0 Å². The van der Waals surface area contributed by atoms with Crippen LogP contribution in [-0.4, -0.2) is 25.2 Å². The predicted octanol–water partition coefficient (Wildman–Crippen LogP) is 2.64. The highest BCUT2D eigenvalue weighted by molar-refractivity contribution is 5.76. The Balaban J connectivity index is 2.31. The van der Waals surface area contributed by atoms with Gasteiger partial charge < -0.3 is 15.8 Å². The number of benzene rings is 1. The van der Waals surface area contributed by atoms with Crippen LogP contribution in [0.3, 0.4) is 0 Å². The lowest BCUT2D eigenvalue weighted by Gasteiger charge is -2.21. The molecular formula is C17H28N2O2. The number of nitrogens with two attached hydrogens (primary N) is 1. The molecule has 0 spiro atoms. The zero-order valence-electron chi connectivity index (χ0n) is 13.3. The van der Waals surface area contributed by atoms with E-state index in [4.69, 9.17) is 10.5 Å². The lowest BCUT2D eigenvalue weighted by molar-refractivity contribution is -0.121. The summed E-state index contributed by atoms with van der Waals surface area (Å²) < 4.78 is 5.66. The van der Waals surface area contributed by atoms with Gasteiger partial charge in [0, 0.05) is 25.6 Å². The monoisotopic (exact) mass is 292 g/mol. The van der Waals surface area contributed by atoms with Crippen molar-refractivity contribution in [1.82, 2.24) is 5.32 Å². The van der Waals surface area contributed by atoms with E-state index >= 15 is 0 Å². The van der Waals surface area contributed by atoms with Gasteiger partial charge in [0.25, 0.3) is 0 Å². The SMILES string of the molecule is CCOC(CCNC(=O)CC(N)c1ccccc1)C(C)C. The van der Waals surface area contributed by atoms with Crippen molar-refractivity contribution in [3.05, 3.63) is 35.9 Å². The maximum atomic E-state index is 11.9. The quantitative estimate of drug-likeness (QED) is 0.735. The molecule has 2 unspecified atom stereocenters. The van der Waals surface area contributed by atoms with Crippen LogP contribution in [0.4, 0.5) is 0 Å². The lowest BCUT2D eigenvalue weighted by atomic mass is 10.0. The molecule has 2 atom stereocenters. The molecule has 0 aromatic heterocycles. The van der Waals surface area contributed by atoms with Crippen LogP contribution in [0.15, 0.2) is 30.3 Å². The molecule has 0 aliphatic carbocycles. The molecule has 0 radical (unpaired) electrons. The number of rotatable bonds is 9. The van der Waals surface area contributed by atoms with E-state index in [1.807, 2.05) is 37.3 Å². The molecule has 4 heteroatoms. The summed E-state index contributed by atoms with van der Waals surface area (Å²) in [5.41, 5.74) is 7.03. The molecule has 1 amide bonds. The second-order valence-electron chi connectivity index (χ2n) is 5.60. The van der Waals surface area contributed by atoms with Gasteiger partial charge in [0.1, 0.15) is 0 Å². The second-order valence-corrected chi connectivity index (χ2v) is 5.60. The van der Waals surface area contributed by atoms with Crippen LogP contribution in [0.5, 0.6) is 0 Å². The summed E-state index contributed by atoms with van der Waals surface area (Å²) >= 11 is 0. The largest absolute Gasteiger partial charge is 0.378 e. The molecule has 0 fully saturated rings. The third-order valence-corrected chi connectivity index (χ3v) is 3.51. The number of carbonyl (C=O) groups is 1. The van der Waals surface area contributed by atoms with Gasteiger partial charge in [0.05, 0.1) is 6.10 Å². The van der Waals surface area contributed by atoms with Crippen molar-refractivity contribution in [2.75, 3.05) is 13.2 Å². The zero-order chi connectivity index (χ0) is 15.7. The first-order chi connectivity index (χ1) is 10.0. The van der Waals surface area contributed by atoms with Gasteiger partial charge in [-0.1, -0.05) is 44.2 Å². The van der Waals surface area contributed by atoms with Crippen molar-refractivity contribution in [2.24, 2.45) is 11.7 Å². The fourth-order valence-corrected chi connectivity index (χ4v) is 2.27. The lowest BCUT2D eigenvalue weighted by Crippen LogP contribution is -2.32. The topological polar surface area (TPSA) is 64.3 Å². The fraction of sp³-hybridized carbons (Fsp3) is 0.588. The first-order valence-corrected chi connectivity index (χ1v) is 7.73. The number of nitrogens with one attached hydrogen (secondary N) is 1. The summed E-state index contributed by atoms with van der Waals surface area (Å²) in [6.07, 6.45) is 1.33. The van der Waals surface area contributed by atoms with E-state index in [0.29, 0.717) is 25.5 Å². The molecule has 1 aromatic carbocycles. The van der Waals surface area contributed by atoms with E-state index in [-0.39, 0.29) is 18.1 Å². The standard InChI is InChI=1S/C17H28N2O2/c1-4-21-16(13(2)3)10-11-19-17(20)12-15(18)14-8-6-5-7-9-14/h5-9,13,15-16H,4,10-12,18H2,1-3H3,(H,19,20). The summed E-state index contributed by atoms with van der Waals surface area (Å²) in [6.45, 7) is 7.59. The highest BCUT2D eigenvalue weighted by atomic mass is 16.5. The minimum Gasteiger partial charge on any atom is -0.378 e. The van der Waals surface area contributed by atoms with Crippen molar-refractivity contribution < 1.29 is 9.53 Å². The summed E-state index contributed by atoms with van der Waals surface area (Å²) in [4.78, 5) is 11.9. The number of ether oxygens (including phenoxy) is 1. The second kappa shape index (κ2) is 9.53. The molecule has 1 aromatic rings. The first kappa shape index (κ1) is 17.7. The highest BCUT2D eigenvalue weighted by Gasteiger charge is 2.15. The number of amides is 1. The van der Waals surface area contributed by atoms with E-state index in [9.17, 15) is 4.79 Å². The molecule has 4 nitrogen and oxygen atoms in total. The Morgan fingerprint density at radius 1 is 1.29 bits per heavy atom. The van der Waals surface area contributed by atoms with E-state index < -0.39 is 0 Å². The van der Waals surface area contributed by atoms with E-state index in [2.05, 4.69) is 19.2 Å². The molecule has 118 valence electrons. The molecule has 0 aliphatic heterocycles. The van der Waals surface area contributed by atoms with Gasteiger partial charge in [-0.3, -0.25) is 4.79 Å². The minimum atomic E-state index is -0.251. The average molecular weight is 292 g/mol. The van der Waals surface area contributed by atoms with Crippen LogP contribution in [0.25, 0.3) is 0 Å². The van der Waals surface area contributed by atoms with Crippen LogP contribution in [0, 0.1) is 5.92 Å². The Morgan fingerprint density at radius 2 is 1.95 bits per heavy atom. The molecule has 3 N–H and O–H groups in total. The Labute approximate surface area is 128 Å². The number of hydrogen-bond acceptors (Lipinski definition) is 3. The molecule has 0 saturated heterocycles. The fourth-order valence-electron chi connectivity index (χ4n) is 2.27. The normalized spacial score (nSPS) is 14.0. The maximum absolute atomic E-state index is 11.9. The van der Waals surface area contributed by atoms with E-state index in [1.54, 1.807) is 0 Å². The summed E-state index contributed by atoms with van der Waals surface area (Å²) in [5.74, 6) is 0.443. The summed E-state index contributed by atoms with van der Waals surface area (Å²) in [5, 5.41) is 2.93. The van der Waals surface area contributed by atoms with Crippen LogP contribution in [0.1, 0.15) is 45.2 Å². The van der Waals surface area contributed by atoms with Gasteiger partial charge in [-0.25, -0.2) is 0 Å². The Bertz CT molecular complexity index is 407. The number of carbonyl (C=O) groups excluding carboxylic acids is 1. The predicted molar refractivity (Wildman–Crippen MR) is 85.9 cm³/mol. The van der Waals surface area contributed by atoms with Gasteiger partial charge in [0.15, 0.2) is 0 Å². The van der Waals surface area contributed by atoms with Gasteiger partial charge in [0.2, 0.25) is 5.91 Å². The maximum Gasteiger partial charge on any atom is 0.221 e. The molecular weight excluding hydrogens is 264 g/mol. The molecule has 0 saturated carbocycles. The molecule has 0 bridgehead atoms. The van der Waals surface area contributed by atoms with Gasteiger partial charge in [-0.05, 0) is 24.8 Å². The third kappa shape index (κ3) is 6.74. The zero-order valence-corrected chi connectivity index (χ0v) is 13.3. The van der Waals surface area contributed by atoms with E-state index in [0.717, 1.165) is 12.0 Å². The van der Waals surface area contributed by atoms with Crippen LogP contribution in [-0.2, 0) is 9.53 Å². The third-order valence-electron chi connectivity index (χ3n) is 3.51. The Morgan fingerprint density at radius 3 is 2.52 bits per heavy atom. The smallest absolute Gasteiger partial charge is 0.221 e. The van der Waals surface area contributed by atoms with Gasteiger partial charge >= 0.3 is 0 Å². The van der Waals surface area contributed by atoms with Gasteiger partial charge in [-0.15, -0.1) is 0 Å². The van der Waals surface area contributed by atoms with Crippen molar-refractivity contribution in [2.45, 2.75) is 45.8 Å². The first-order valence-electron chi connectivity index (χ1n) is 7.73. The van der Waals surface area contributed by atoms with Gasteiger partial charge in [-0.2, -0.15) is 0 Å².